The fourth-order valence-corrected chi connectivity index (χ4v) is 2.30. The third-order valence-electron chi connectivity index (χ3n) is 3.04. The van der Waals surface area contributed by atoms with Crippen molar-refractivity contribution < 1.29 is 4.74 Å². The molecule has 1 N–H and O–H groups in total. The van der Waals surface area contributed by atoms with Crippen LogP contribution in [0.15, 0.2) is 22.7 Å². The van der Waals surface area contributed by atoms with Crippen molar-refractivity contribution in [2.75, 3.05) is 31.7 Å². The number of halogens is 1. The van der Waals surface area contributed by atoms with E-state index in [1.807, 2.05) is 6.92 Å². The molecular weight excluding hydrogens is 316 g/mol. The largest absolute Gasteiger partial charge is 0.380 e. The van der Waals surface area contributed by atoms with Gasteiger partial charge in [-0.05, 0) is 51.5 Å². The van der Waals surface area contributed by atoms with Crippen molar-refractivity contribution in [1.29, 1.82) is 0 Å². The van der Waals surface area contributed by atoms with Crippen molar-refractivity contribution in [3.63, 3.8) is 0 Å². The van der Waals surface area contributed by atoms with Crippen LogP contribution >= 0.6 is 15.9 Å². The predicted octanol–water partition coefficient (Wildman–Crippen LogP) is 3.81. The van der Waals surface area contributed by atoms with Crippen LogP contribution in [0.1, 0.15) is 33.3 Å². The molecule has 0 aliphatic carbocycles. The van der Waals surface area contributed by atoms with Gasteiger partial charge in [-0.25, -0.2) is 0 Å². The molecule has 0 fully saturated rings. The molecule has 114 valence electrons. The number of likely N-dealkylation sites (N-methyl/N-ethyl adjacent to an activating group) is 1. The van der Waals surface area contributed by atoms with E-state index in [1.54, 1.807) is 0 Å². The number of ether oxygens (including phenoxy) is 1. The summed E-state index contributed by atoms with van der Waals surface area (Å²) < 4.78 is 6.55. The molecule has 0 atom stereocenters. The number of nitrogens with zero attached hydrogens (tertiary/aromatic N) is 1. The maximum Gasteiger partial charge on any atom is 0.0641 e. The van der Waals surface area contributed by atoms with Gasteiger partial charge in [-0.15, -0.1) is 0 Å². The lowest BCUT2D eigenvalue weighted by Crippen LogP contribution is -2.35. The van der Waals surface area contributed by atoms with Gasteiger partial charge in [-0.3, -0.25) is 0 Å². The first-order valence-corrected chi connectivity index (χ1v) is 7.95. The molecule has 0 radical (unpaired) electrons. The molecule has 0 bridgehead atoms. The highest BCUT2D eigenvalue weighted by molar-refractivity contribution is 9.10. The molecule has 0 aromatic heterocycles. The van der Waals surface area contributed by atoms with Gasteiger partial charge in [0.1, 0.15) is 0 Å². The summed E-state index contributed by atoms with van der Waals surface area (Å²) in [4.78, 5) is 2.25. The zero-order valence-electron chi connectivity index (χ0n) is 13.3. The van der Waals surface area contributed by atoms with Gasteiger partial charge < -0.3 is 15.0 Å². The van der Waals surface area contributed by atoms with E-state index < -0.39 is 0 Å². The highest BCUT2D eigenvalue weighted by Gasteiger charge is 2.12. The first kappa shape index (κ1) is 17.5. The lowest BCUT2D eigenvalue weighted by Gasteiger charge is -2.26. The fourth-order valence-electron chi connectivity index (χ4n) is 1.89. The van der Waals surface area contributed by atoms with Gasteiger partial charge in [-0.1, -0.05) is 15.9 Å². The quantitative estimate of drug-likeness (QED) is 0.762. The lowest BCUT2D eigenvalue weighted by atomic mass is 10.1. The second kappa shape index (κ2) is 8.01. The van der Waals surface area contributed by atoms with Crippen LogP contribution in [0.4, 0.5) is 5.69 Å². The summed E-state index contributed by atoms with van der Waals surface area (Å²) in [6.07, 6.45) is 0. The maximum atomic E-state index is 5.44. The van der Waals surface area contributed by atoms with Crippen molar-refractivity contribution in [3.05, 3.63) is 28.2 Å². The van der Waals surface area contributed by atoms with Crippen LogP contribution in [0.25, 0.3) is 0 Å². The van der Waals surface area contributed by atoms with Crippen molar-refractivity contribution in [2.45, 2.75) is 39.8 Å². The van der Waals surface area contributed by atoms with Gasteiger partial charge >= 0.3 is 0 Å². The van der Waals surface area contributed by atoms with Crippen LogP contribution in [0.5, 0.6) is 0 Å². The van der Waals surface area contributed by atoms with E-state index in [2.05, 4.69) is 72.2 Å². The summed E-state index contributed by atoms with van der Waals surface area (Å²) in [5.41, 5.74) is 2.67. The molecule has 0 saturated heterocycles. The molecular formula is C16H27BrN2O. The molecule has 0 saturated carbocycles. The molecule has 1 rings (SSSR count). The van der Waals surface area contributed by atoms with Crippen molar-refractivity contribution in [1.82, 2.24) is 5.32 Å². The Morgan fingerprint density at radius 3 is 2.60 bits per heavy atom. The van der Waals surface area contributed by atoms with E-state index in [4.69, 9.17) is 4.74 Å². The summed E-state index contributed by atoms with van der Waals surface area (Å²) in [5.74, 6) is 0. The Hall–Kier alpha value is -0.580. The standard InChI is InChI=1S/C16H27BrN2O/c1-6-20-10-9-19(5)15-8-7-14(17)11-13(15)12-18-16(2,3)4/h7-8,11,18H,6,9-10,12H2,1-5H3. The van der Waals surface area contributed by atoms with Crippen LogP contribution in [-0.4, -0.2) is 32.3 Å². The minimum Gasteiger partial charge on any atom is -0.380 e. The van der Waals surface area contributed by atoms with Gasteiger partial charge in [0.05, 0.1) is 6.61 Å². The van der Waals surface area contributed by atoms with Crippen LogP contribution in [0, 0.1) is 0 Å². The Morgan fingerprint density at radius 1 is 1.30 bits per heavy atom. The fraction of sp³-hybridized carbons (Fsp3) is 0.625. The summed E-state index contributed by atoms with van der Waals surface area (Å²) in [5, 5.41) is 3.55. The smallest absolute Gasteiger partial charge is 0.0641 e. The summed E-state index contributed by atoms with van der Waals surface area (Å²) >= 11 is 3.56. The molecule has 0 aliphatic heterocycles. The van der Waals surface area contributed by atoms with Crippen LogP contribution in [0.2, 0.25) is 0 Å². The average molecular weight is 343 g/mol. The van der Waals surface area contributed by atoms with Gasteiger partial charge in [0.15, 0.2) is 0 Å². The van der Waals surface area contributed by atoms with E-state index in [-0.39, 0.29) is 5.54 Å². The zero-order chi connectivity index (χ0) is 15.2. The first-order valence-electron chi connectivity index (χ1n) is 7.16. The predicted molar refractivity (Wildman–Crippen MR) is 90.5 cm³/mol. The first-order chi connectivity index (χ1) is 9.33. The topological polar surface area (TPSA) is 24.5 Å². The van der Waals surface area contributed by atoms with Gasteiger partial charge in [-0.2, -0.15) is 0 Å². The average Bonchev–Trinajstić information content (AvgIpc) is 2.35. The van der Waals surface area contributed by atoms with E-state index in [0.717, 1.165) is 30.8 Å². The van der Waals surface area contributed by atoms with Crippen molar-refractivity contribution in [2.24, 2.45) is 0 Å². The number of anilines is 1. The number of nitrogens with one attached hydrogen (secondary N) is 1. The van der Waals surface area contributed by atoms with E-state index >= 15 is 0 Å². The number of rotatable bonds is 7. The van der Waals surface area contributed by atoms with E-state index in [1.165, 1.54) is 11.3 Å². The monoisotopic (exact) mass is 342 g/mol. The van der Waals surface area contributed by atoms with E-state index in [9.17, 15) is 0 Å². The molecule has 0 unspecified atom stereocenters. The second-order valence-electron chi connectivity index (χ2n) is 6.00. The number of hydrogen-bond donors (Lipinski definition) is 1. The SMILES string of the molecule is CCOCCN(C)c1ccc(Br)cc1CNC(C)(C)C. The van der Waals surface area contributed by atoms with Gasteiger partial charge in [0.25, 0.3) is 0 Å². The van der Waals surface area contributed by atoms with Gasteiger partial charge in [0.2, 0.25) is 0 Å². The molecule has 1 aromatic rings. The molecule has 0 heterocycles. The van der Waals surface area contributed by atoms with Crippen molar-refractivity contribution >= 4 is 21.6 Å². The molecule has 20 heavy (non-hydrogen) atoms. The third kappa shape index (κ3) is 6.25. The Labute approximate surface area is 131 Å². The number of hydrogen-bond acceptors (Lipinski definition) is 3. The lowest BCUT2D eigenvalue weighted by molar-refractivity contribution is 0.154. The maximum absolute atomic E-state index is 5.44. The number of benzene rings is 1. The minimum atomic E-state index is 0.115. The summed E-state index contributed by atoms with van der Waals surface area (Å²) in [6.45, 7) is 11.9. The van der Waals surface area contributed by atoms with Gasteiger partial charge in [0, 0.05) is 42.4 Å². The Bertz CT molecular complexity index is 415. The second-order valence-corrected chi connectivity index (χ2v) is 6.91. The molecule has 4 heteroatoms. The third-order valence-corrected chi connectivity index (χ3v) is 3.53. The molecule has 0 spiro atoms. The Morgan fingerprint density at radius 2 is 2.00 bits per heavy atom. The zero-order valence-corrected chi connectivity index (χ0v) is 14.9. The summed E-state index contributed by atoms with van der Waals surface area (Å²) in [6, 6.07) is 6.44. The highest BCUT2D eigenvalue weighted by Crippen LogP contribution is 2.24. The van der Waals surface area contributed by atoms with Crippen LogP contribution in [0.3, 0.4) is 0 Å². The molecule has 0 aliphatic rings. The normalized spacial score (nSPS) is 11.7. The highest BCUT2D eigenvalue weighted by atomic mass is 79.9. The molecule has 3 nitrogen and oxygen atoms in total. The minimum absolute atomic E-state index is 0.115. The van der Waals surface area contributed by atoms with Crippen LogP contribution < -0.4 is 10.2 Å². The Kier molecular flexibility index (Phi) is 7.00. The van der Waals surface area contributed by atoms with E-state index in [0.29, 0.717) is 0 Å². The Balaban J connectivity index is 2.78. The van der Waals surface area contributed by atoms with Crippen LogP contribution in [-0.2, 0) is 11.3 Å². The van der Waals surface area contributed by atoms with Crippen molar-refractivity contribution in [3.8, 4) is 0 Å². The molecule has 1 aromatic carbocycles. The summed E-state index contributed by atoms with van der Waals surface area (Å²) in [7, 11) is 2.11. The molecule has 0 amide bonds.